The third kappa shape index (κ3) is 7.37. The maximum Gasteiger partial charge on any atom is 0.454 e. The van der Waals surface area contributed by atoms with Crippen LogP contribution in [0.2, 0.25) is 33.2 Å². The molecule has 4 aliphatic rings. The van der Waals surface area contributed by atoms with E-state index in [9.17, 15) is 0 Å². The normalized spacial score (nSPS) is 26.5. The molecule has 2 aromatic carbocycles. The lowest BCUT2D eigenvalue weighted by Gasteiger charge is -2.66. The van der Waals surface area contributed by atoms with Crippen molar-refractivity contribution in [1.29, 1.82) is 0 Å². The molecular weight excluding hydrogens is 810 g/mol. The van der Waals surface area contributed by atoms with Gasteiger partial charge in [0.05, 0.1) is 5.50 Å². The zero-order valence-corrected chi connectivity index (χ0v) is 47.1. The highest BCUT2D eigenvalue weighted by Gasteiger charge is 2.79. The van der Waals surface area contributed by atoms with E-state index in [0.717, 1.165) is 0 Å². The van der Waals surface area contributed by atoms with Crippen LogP contribution in [0.15, 0.2) is 76.4 Å². The van der Waals surface area contributed by atoms with Crippen molar-refractivity contribution in [3.05, 3.63) is 121 Å². The van der Waals surface area contributed by atoms with Gasteiger partial charge in [0, 0.05) is 16.6 Å². The van der Waals surface area contributed by atoms with Gasteiger partial charge in [-0.2, -0.15) is 0 Å². The highest BCUT2D eigenvalue weighted by atomic mass is 28.4. The molecule has 1 fully saturated rings. The third-order valence-corrected chi connectivity index (χ3v) is 29.6. The van der Waals surface area contributed by atoms with E-state index in [1.54, 1.807) is 0 Å². The molecule has 2 aromatic rings. The molecule has 2 heterocycles. The quantitative estimate of drug-likeness (QED) is 0.199. The lowest BCUT2D eigenvalue weighted by molar-refractivity contribution is -0.0876. The number of hydrogen-bond donors (Lipinski definition) is 0. The third-order valence-electron chi connectivity index (χ3n) is 17.5. The van der Waals surface area contributed by atoms with Crippen LogP contribution in [0.5, 0.6) is 0 Å². The van der Waals surface area contributed by atoms with Gasteiger partial charge in [-0.25, -0.2) is 0 Å². The number of aryl methyl sites for hydroxylation is 6. The molecule has 6 rings (SSSR count). The van der Waals surface area contributed by atoms with Gasteiger partial charge in [-0.05, 0) is 165 Å². The Morgan fingerprint density at radius 3 is 1.44 bits per heavy atom. The Labute approximate surface area is 396 Å². The summed E-state index contributed by atoms with van der Waals surface area (Å²) < 4.78 is 26.0. The molecule has 1 spiro atoms. The van der Waals surface area contributed by atoms with Crippen molar-refractivity contribution < 1.29 is 13.3 Å². The molecule has 64 heavy (non-hydrogen) atoms. The van der Waals surface area contributed by atoms with Gasteiger partial charge >= 0.3 is 14.0 Å². The maximum absolute atomic E-state index is 8.86. The minimum atomic E-state index is -2.63. The first-order valence-electron chi connectivity index (χ1n) is 25.2. The molecule has 2 aliphatic heterocycles. The molecule has 348 valence electrons. The Balaban J connectivity index is 1.90. The van der Waals surface area contributed by atoms with E-state index in [2.05, 4.69) is 215 Å². The van der Waals surface area contributed by atoms with Crippen molar-refractivity contribution in [1.82, 2.24) is 0 Å². The molecular formula is C57H88B2O3Si2. The van der Waals surface area contributed by atoms with Gasteiger partial charge in [0.15, 0.2) is 16.6 Å². The number of fused-ring (bicyclic) bond motifs is 4. The Kier molecular flexibility index (Phi) is 14.0. The number of rotatable bonds is 12. The Hall–Kier alpha value is -2.42. The summed E-state index contributed by atoms with van der Waals surface area (Å²) in [4.78, 5) is 0. The van der Waals surface area contributed by atoms with Crippen LogP contribution >= 0.6 is 0 Å². The smallest absolute Gasteiger partial charge is 0.454 e. The van der Waals surface area contributed by atoms with Crippen LogP contribution < -0.4 is 0 Å². The summed E-state index contributed by atoms with van der Waals surface area (Å²) in [6.45, 7) is 57.4. The van der Waals surface area contributed by atoms with Crippen molar-refractivity contribution in [2.45, 2.75) is 211 Å². The van der Waals surface area contributed by atoms with Gasteiger partial charge < -0.3 is 13.3 Å². The minimum Gasteiger partial charge on any atom is -0.470 e. The van der Waals surface area contributed by atoms with Crippen molar-refractivity contribution in [3.8, 4) is 0 Å². The van der Waals surface area contributed by atoms with Gasteiger partial charge in [-0.15, -0.1) is 0 Å². The molecule has 0 aromatic heterocycles. The van der Waals surface area contributed by atoms with Gasteiger partial charge in [0.25, 0.3) is 0 Å². The number of hydrogen-bond acceptors (Lipinski definition) is 3. The zero-order valence-electron chi connectivity index (χ0n) is 45.1. The lowest BCUT2D eigenvalue weighted by Crippen LogP contribution is -2.76. The first kappa shape index (κ1) is 51.0. The molecule has 0 amide bonds. The van der Waals surface area contributed by atoms with Crippen LogP contribution in [0.4, 0.5) is 0 Å². The van der Waals surface area contributed by atoms with E-state index in [1.165, 1.54) is 77.8 Å². The fraction of sp³-hybridized carbons (Fsp3) is 0.614. The Morgan fingerprint density at radius 1 is 0.562 bits per heavy atom. The van der Waals surface area contributed by atoms with Crippen LogP contribution in [0.1, 0.15) is 175 Å². The monoisotopic (exact) mass is 899 g/mol. The summed E-state index contributed by atoms with van der Waals surface area (Å²) in [5.74, 6) is 0.0114. The number of benzene rings is 2. The SMILES string of the molecule is CC1=C[C@@]2(C)C(=C(c3c(C)cc(C)cc3C)B(O[Si](C(C)C)(C(C)C)C(C)C)[C@@]23OB(O[Si](C(C)C)(C(C)C)C(C)C)C(c2c(C)cc(C)cc2C)C2C(C)=CC(C)=C[C@]23C)C(C)=C1. The van der Waals surface area contributed by atoms with Crippen molar-refractivity contribution >= 4 is 36.1 Å². The van der Waals surface area contributed by atoms with Crippen LogP contribution in [-0.2, 0) is 13.3 Å². The molecule has 1 saturated heterocycles. The standard InChI is InChI=1S/C57H88B2O3Si2/c1-33(2)63(34(3)4,35(5)6)61-58-53(49-43(17)25-39(13)26-44(49)18)51-47(21)29-41(15)31-55(51,23)57(58)56(24)32-42(16)30-48(22)52(56)54(50-45(19)27-40(14)28-46(50)20)59(60-57)62-64(36(7)8,37(9)10)38(11)12/h25-38,52,54H,1-24H3/t52?,54?,55-,56+,57+/m0/s1. The molecule has 0 N–H and O–H groups in total. The fourth-order valence-electron chi connectivity index (χ4n) is 16.2. The molecule has 0 radical (unpaired) electrons. The molecule has 3 nitrogen and oxygen atoms in total. The summed E-state index contributed by atoms with van der Waals surface area (Å²) >= 11 is 0. The van der Waals surface area contributed by atoms with Gasteiger partial charge in [-0.1, -0.05) is 166 Å². The van der Waals surface area contributed by atoms with Crippen molar-refractivity contribution in [3.63, 3.8) is 0 Å². The second kappa shape index (κ2) is 17.6. The molecule has 7 heteroatoms. The minimum absolute atomic E-state index is 0.0489. The molecule has 0 bridgehead atoms. The second-order valence-corrected chi connectivity index (χ2v) is 34.6. The van der Waals surface area contributed by atoms with Gasteiger partial charge in [-0.3, -0.25) is 0 Å². The zero-order chi connectivity index (χ0) is 48.1. The summed E-state index contributed by atoms with van der Waals surface area (Å²) in [7, 11) is -5.73. The topological polar surface area (TPSA) is 27.7 Å². The summed E-state index contributed by atoms with van der Waals surface area (Å²) in [6.07, 6.45) is 10.2. The summed E-state index contributed by atoms with van der Waals surface area (Å²) in [5, 5.41) is 0. The predicted molar refractivity (Wildman–Crippen MR) is 285 cm³/mol. The summed E-state index contributed by atoms with van der Waals surface area (Å²) in [5.41, 5.74) is 18.9. The van der Waals surface area contributed by atoms with Crippen LogP contribution in [0.25, 0.3) is 5.47 Å². The molecule has 0 saturated carbocycles. The second-order valence-electron chi connectivity index (χ2n) is 23.8. The van der Waals surface area contributed by atoms with E-state index >= 15 is 0 Å². The molecule has 5 atom stereocenters. The van der Waals surface area contributed by atoms with Crippen LogP contribution in [-0.4, -0.2) is 36.2 Å². The Bertz CT molecular complexity index is 2230. The number of allylic oxidation sites excluding steroid dienone is 6. The Morgan fingerprint density at radius 2 is 0.984 bits per heavy atom. The first-order chi connectivity index (χ1) is 29.5. The molecule has 2 unspecified atom stereocenters. The van der Waals surface area contributed by atoms with E-state index in [0.29, 0.717) is 33.2 Å². The highest BCUT2D eigenvalue weighted by molar-refractivity contribution is 6.91. The highest BCUT2D eigenvalue weighted by Crippen LogP contribution is 2.73. The van der Waals surface area contributed by atoms with Crippen molar-refractivity contribution in [2.75, 3.05) is 0 Å². The van der Waals surface area contributed by atoms with Crippen LogP contribution in [0, 0.1) is 58.3 Å². The van der Waals surface area contributed by atoms with E-state index in [4.69, 9.17) is 13.3 Å². The average Bonchev–Trinajstić information content (AvgIpc) is 3.32. The molecule has 2 aliphatic carbocycles. The summed E-state index contributed by atoms with van der Waals surface area (Å²) in [6, 6.07) is 9.61. The van der Waals surface area contributed by atoms with E-state index in [-0.39, 0.29) is 18.7 Å². The predicted octanol–water partition coefficient (Wildman–Crippen LogP) is 16.8. The van der Waals surface area contributed by atoms with Crippen LogP contribution in [0.3, 0.4) is 0 Å². The average molecular weight is 899 g/mol. The first-order valence-corrected chi connectivity index (χ1v) is 29.5. The maximum atomic E-state index is 8.86. The van der Waals surface area contributed by atoms with Gasteiger partial charge in [0.1, 0.15) is 0 Å². The van der Waals surface area contributed by atoms with E-state index in [1.807, 2.05) is 0 Å². The van der Waals surface area contributed by atoms with Crippen molar-refractivity contribution in [2.24, 2.45) is 16.7 Å². The largest absolute Gasteiger partial charge is 0.470 e. The lowest BCUT2D eigenvalue weighted by atomic mass is 9.30. The van der Waals surface area contributed by atoms with Gasteiger partial charge in [0.2, 0.25) is 0 Å². The fourth-order valence-corrected chi connectivity index (χ4v) is 27.1. The van der Waals surface area contributed by atoms with E-state index < -0.39 is 40.1 Å².